The minimum Gasteiger partial charge on any atom is -0.399 e. The summed E-state index contributed by atoms with van der Waals surface area (Å²) in [5.41, 5.74) is 7.50. The average Bonchev–Trinajstić information content (AvgIpc) is 2.91. The van der Waals surface area contributed by atoms with Crippen LogP contribution in [0.3, 0.4) is 0 Å². The zero-order valence-electron chi connectivity index (χ0n) is 11.8. The Bertz CT molecular complexity index is 935. The number of hydrogen-bond acceptors (Lipinski definition) is 3. The Balaban J connectivity index is 2.18. The fourth-order valence-corrected chi connectivity index (χ4v) is 2.32. The van der Waals surface area contributed by atoms with E-state index >= 15 is 0 Å². The van der Waals surface area contributed by atoms with Crippen LogP contribution in [-0.2, 0) is 0 Å². The second kappa shape index (κ2) is 5.25. The van der Waals surface area contributed by atoms with E-state index in [4.69, 9.17) is 5.73 Å². The smallest absolute Gasteiger partial charge is 0.132 e. The number of rotatable bonds is 1. The number of nitrogens with two attached hydrogens (primary N) is 1. The van der Waals surface area contributed by atoms with Crippen LogP contribution in [-0.4, -0.2) is 22.4 Å². The van der Waals surface area contributed by atoms with Crippen LogP contribution in [0.4, 0.5) is 5.69 Å². The van der Waals surface area contributed by atoms with E-state index in [1.165, 1.54) is 0 Å². The number of nitrogen functional groups attached to an aromatic ring is 1. The van der Waals surface area contributed by atoms with Gasteiger partial charge in [0.25, 0.3) is 0 Å². The zero-order chi connectivity index (χ0) is 14.8. The molecule has 2 N–H and O–H groups in total. The van der Waals surface area contributed by atoms with Crippen molar-refractivity contribution in [1.82, 2.24) is 9.55 Å². The van der Waals surface area contributed by atoms with Crippen LogP contribution in [0.5, 0.6) is 0 Å². The van der Waals surface area contributed by atoms with Crippen molar-refractivity contribution >= 4 is 35.1 Å². The van der Waals surface area contributed by atoms with Crippen molar-refractivity contribution in [2.75, 3.05) is 12.8 Å². The third-order valence-corrected chi connectivity index (χ3v) is 3.42. The molecular weight excluding hydrogens is 260 g/mol. The Morgan fingerprint density at radius 2 is 2.19 bits per heavy atom. The Morgan fingerprint density at radius 1 is 1.33 bits per heavy atom. The van der Waals surface area contributed by atoms with Crippen molar-refractivity contribution in [1.29, 1.82) is 0 Å². The van der Waals surface area contributed by atoms with Gasteiger partial charge in [-0.1, -0.05) is 12.6 Å². The van der Waals surface area contributed by atoms with Gasteiger partial charge in [-0.15, -0.1) is 0 Å². The zero-order valence-corrected chi connectivity index (χ0v) is 11.8. The van der Waals surface area contributed by atoms with Crippen molar-refractivity contribution < 1.29 is 0 Å². The van der Waals surface area contributed by atoms with Crippen molar-refractivity contribution in [3.63, 3.8) is 0 Å². The van der Waals surface area contributed by atoms with Crippen molar-refractivity contribution in [2.45, 2.75) is 0 Å². The van der Waals surface area contributed by atoms with E-state index in [0.29, 0.717) is 5.69 Å². The molecule has 0 unspecified atom stereocenters. The molecule has 0 aliphatic rings. The van der Waals surface area contributed by atoms with Crippen LogP contribution in [0.1, 0.15) is 0 Å². The summed E-state index contributed by atoms with van der Waals surface area (Å²) in [4.78, 5) is 8.56. The molecule has 0 fully saturated rings. The SMILES string of the molecule is C=c1cc(N)cc/c1=C/C(=NC)n1ccc2ccncc21. The number of fused-ring (bicyclic) bond motifs is 1. The lowest BCUT2D eigenvalue weighted by Crippen LogP contribution is -2.26. The number of aliphatic imine (C=N–C) groups is 1. The van der Waals surface area contributed by atoms with Crippen molar-refractivity contribution in [3.8, 4) is 0 Å². The molecule has 0 atom stereocenters. The molecule has 0 saturated carbocycles. The second-order valence-electron chi connectivity index (χ2n) is 4.80. The highest BCUT2D eigenvalue weighted by Crippen LogP contribution is 2.13. The highest BCUT2D eigenvalue weighted by Gasteiger charge is 2.04. The highest BCUT2D eigenvalue weighted by molar-refractivity contribution is 6.13. The molecule has 4 nitrogen and oxygen atoms in total. The fourth-order valence-electron chi connectivity index (χ4n) is 2.32. The van der Waals surface area contributed by atoms with Gasteiger partial charge in [-0.3, -0.25) is 14.5 Å². The Labute approximate surface area is 122 Å². The Hall–Kier alpha value is -2.88. The maximum Gasteiger partial charge on any atom is 0.132 e. The fraction of sp³-hybridized carbons (Fsp3) is 0.0588. The molecule has 0 bridgehead atoms. The number of pyridine rings is 1. The average molecular weight is 276 g/mol. The number of benzene rings is 1. The summed E-state index contributed by atoms with van der Waals surface area (Å²) >= 11 is 0. The first-order valence-corrected chi connectivity index (χ1v) is 6.63. The van der Waals surface area contributed by atoms with Crippen LogP contribution < -0.4 is 16.2 Å². The normalized spacial score (nSPS) is 13.0. The van der Waals surface area contributed by atoms with Crippen LogP contribution in [0.15, 0.2) is 53.9 Å². The maximum absolute atomic E-state index is 5.76. The first-order chi connectivity index (χ1) is 10.2. The molecule has 2 heterocycles. The van der Waals surface area contributed by atoms with Crippen molar-refractivity contribution in [3.05, 3.63) is 59.4 Å². The van der Waals surface area contributed by atoms with Gasteiger partial charge in [0.1, 0.15) is 5.84 Å². The van der Waals surface area contributed by atoms with Gasteiger partial charge in [-0.25, -0.2) is 0 Å². The van der Waals surface area contributed by atoms with Gasteiger partial charge in [0.2, 0.25) is 0 Å². The number of hydrogen-bond donors (Lipinski definition) is 1. The van der Waals surface area contributed by atoms with Gasteiger partial charge in [0.05, 0.1) is 11.7 Å². The number of nitrogens with zero attached hydrogens (tertiary/aromatic N) is 3. The summed E-state index contributed by atoms with van der Waals surface area (Å²) in [5, 5.41) is 3.01. The lowest BCUT2D eigenvalue weighted by Gasteiger charge is -2.04. The second-order valence-corrected chi connectivity index (χ2v) is 4.80. The molecule has 0 aliphatic heterocycles. The molecule has 1 aromatic carbocycles. The van der Waals surface area contributed by atoms with E-state index in [0.717, 1.165) is 27.2 Å². The van der Waals surface area contributed by atoms with Crippen molar-refractivity contribution in [2.24, 2.45) is 4.99 Å². The van der Waals surface area contributed by atoms with E-state index in [1.54, 1.807) is 13.2 Å². The summed E-state index contributed by atoms with van der Waals surface area (Å²) in [6, 6.07) is 9.70. The molecule has 0 saturated heterocycles. The summed E-state index contributed by atoms with van der Waals surface area (Å²) in [6.07, 6.45) is 7.61. The predicted octanol–water partition coefficient (Wildman–Crippen LogP) is 1.39. The molecule has 3 rings (SSSR count). The summed E-state index contributed by atoms with van der Waals surface area (Å²) < 4.78 is 2.01. The third-order valence-electron chi connectivity index (χ3n) is 3.42. The third kappa shape index (κ3) is 2.43. The van der Waals surface area contributed by atoms with E-state index in [1.807, 2.05) is 53.4 Å². The highest BCUT2D eigenvalue weighted by atomic mass is 15.0. The molecule has 4 heteroatoms. The summed E-state index contributed by atoms with van der Waals surface area (Å²) in [6.45, 7) is 4.02. The molecule has 0 amide bonds. The predicted molar refractivity (Wildman–Crippen MR) is 88.6 cm³/mol. The number of aromatic nitrogens is 2. The summed E-state index contributed by atoms with van der Waals surface area (Å²) in [5.74, 6) is 0.827. The monoisotopic (exact) mass is 276 g/mol. The lowest BCUT2D eigenvalue weighted by atomic mass is 10.2. The molecule has 2 aromatic heterocycles. The van der Waals surface area contributed by atoms with Crippen LogP contribution >= 0.6 is 0 Å². The standard InChI is InChI=1S/C17H16N4/c1-12-9-15(18)4-3-14(12)10-17(19-2)21-8-6-13-5-7-20-11-16(13)21/h3-11H,1,18H2,2H3/b14-10-,19-17?. The van der Waals surface area contributed by atoms with Gasteiger partial charge in [-0.2, -0.15) is 0 Å². The van der Waals surface area contributed by atoms with Crippen LogP contribution in [0.25, 0.3) is 23.6 Å². The molecule has 21 heavy (non-hydrogen) atoms. The summed E-state index contributed by atoms with van der Waals surface area (Å²) in [7, 11) is 1.77. The topological polar surface area (TPSA) is 56.2 Å². The van der Waals surface area contributed by atoms with Gasteiger partial charge < -0.3 is 5.73 Å². The van der Waals surface area contributed by atoms with Gasteiger partial charge in [0, 0.05) is 30.5 Å². The van der Waals surface area contributed by atoms with Gasteiger partial charge in [-0.05, 0) is 40.8 Å². The minimum atomic E-state index is 0.711. The Morgan fingerprint density at radius 3 is 2.95 bits per heavy atom. The van der Waals surface area contributed by atoms with Crippen LogP contribution in [0, 0.1) is 0 Å². The van der Waals surface area contributed by atoms with E-state index in [-0.39, 0.29) is 0 Å². The van der Waals surface area contributed by atoms with Gasteiger partial charge >= 0.3 is 0 Å². The van der Waals surface area contributed by atoms with E-state index in [2.05, 4.69) is 16.6 Å². The molecular formula is C17H16N4. The maximum atomic E-state index is 5.76. The molecule has 0 aliphatic carbocycles. The first-order valence-electron chi connectivity index (χ1n) is 6.63. The van der Waals surface area contributed by atoms with Crippen LogP contribution in [0.2, 0.25) is 0 Å². The molecule has 3 aromatic rings. The lowest BCUT2D eigenvalue weighted by molar-refractivity contribution is 1.19. The quantitative estimate of drug-likeness (QED) is 0.415. The Kier molecular flexibility index (Phi) is 3.28. The minimum absolute atomic E-state index is 0.711. The molecule has 0 spiro atoms. The first kappa shape index (κ1) is 13.1. The van der Waals surface area contributed by atoms with E-state index in [9.17, 15) is 0 Å². The van der Waals surface area contributed by atoms with E-state index < -0.39 is 0 Å². The van der Waals surface area contributed by atoms with Gasteiger partial charge in [0.15, 0.2) is 0 Å². The largest absolute Gasteiger partial charge is 0.399 e. The number of anilines is 1. The molecule has 0 radical (unpaired) electrons. The molecule has 104 valence electrons.